The van der Waals surface area contributed by atoms with Crippen LogP contribution in [-0.4, -0.2) is 13.9 Å². The van der Waals surface area contributed by atoms with E-state index in [0.717, 1.165) is 34.8 Å². The van der Waals surface area contributed by atoms with Gasteiger partial charge in [-0.05, 0) is 40.2 Å². The third-order valence-electron chi connectivity index (χ3n) is 8.01. The molecule has 1 heterocycles. The highest BCUT2D eigenvalue weighted by Crippen LogP contribution is 2.35. The van der Waals surface area contributed by atoms with Crippen molar-refractivity contribution in [3.8, 4) is 0 Å². The van der Waals surface area contributed by atoms with E-state index in [-0.39, 0.29) is 11.7 Å². The van der Waals surface area contributed by atoms with Gasteiger partial charge in [-0.2, -0.15) is 0 Å². The first-order chi connectivity index (χ1) is 19.7. The number of Topliss-reactive ketones (excluding diaryl/α,β-unsaturated/α-hetero) is 1. The maximum absolute atomic E-state index is 13.3. The lowest BCUT2D eigenvalue weighted by Gasteiger charge is -2.36. The summed E-state index contributed by atoms with van der Waals surface area (Å²) in [4.78, 5) is 13.3. The first kappa shape index (κ1) is 25.8. The van der Waals surface area contributed by atoms with Crippen molar-refractivity contribution in [2.75, 3.05) is 0 Å². The maximum Gasteiger partial charge on any atom is 0.162 e. The fourth-order valence-corrected chi connectivity index (χ4v) is 11.1. The van der Waals surface area contributed by atoms with Gasteiger partial charge in [0.1, 0.15) is 19.4 Å². The largest absolute Gasteiger partial charge is 0.461 e. The molecule has 1 aromatic heterocycles. The average molecular weight is 537 g/mol. The summed E-state index contributed by atoms with van der Waals surface area (Å²) in [6, 6.07) is 53.8. The highest BCUT2D eigenvalue weighted by Gasteiger charge is 2.42. The van der Waals surface area contributed by atoms with Crippen LogP contribution < -0.4 is 15.6 Å². The minimum atomic E-state index is -2.54. The normalized spacial score (nSPS) is 12.3. The zero-order chi connectivity index (χ0) is 27.2. The smallest absolute Gasteiger partial charge is 0.162 e. The lowest BCUT2D eigenvalue weighted by Crippen LogP contribution is -2.67. The minimum Gasteiger partial charge on any atom is -0.461 e. The molecule has 6 aromatic rings. The van der Waals surface area contributed by atoms with E-state index in [4.69, 9.17) is 4.42 Å². The van der Waals surface area contributed by atoms with Gasteiger partial charge in [-0.3, -0.25) is 4.79 Å². The lowest BCUT2D eigenvalue weighted by molar-refractivity contribution is 0.0977. The Morgan fingerprint density at radius 3 is 1.60 bits per heavy atom. The van der Waals surface area contributed by atoms with Crippen molar-refractivity contribution in [1.82, 2.24) is 0 Å². The second-order valence-corrected chi connectivity index (χ2v) is 14.4. The quantitative estimate of drug-likeness (QED) is 0.104. The number of rotatable bonds is 10. The molecule has 2 nitrogen and oxygen atoms in total. The first-order valence-corrected chi connectivity index (χ1v) is 16.2. The van der Waals surface area contributed by atoms with Crippen LogP contribution in [0.3, 0.4) is 0 Å². The summed E-state index contributed by atoms with van der Waals surface area (Å²) >= 11 is 0. The third-order valence-corrected chi connectivity index (χ3v) is 13.1. The van der Waals surface area contributed by atoms with Crippen LogP contribution in [0.5, 0.6) is 0 Å². The lowest BCUT2D eigenvalue weighted by atomic mass is 9.98. The summed E-state index contributed by atoms with van der Waals surface area (Å²) in [7, 11) is -2.54. The molecule has 5 aromatic carbocycles. The predicted molar refractivity (Wildman–Crippen MR) is 168 cm³/mol. The van der Waals surface area contributed by atoms with Crippen LogP contribution in [0.15, 0.2) is 156 Å². The highest BCUT2D eigenvalue weighted by atomic mass is 28.3. The van der Waals surface area contributed by atoms with Crippen LogP contribution in [-0.2, 0) is 0 Å². The van der Waals surface area contributed by atoms with Gasteiger partial charge in [0.25, 0.3) is 0 Å². The van der Waals surface area contributed by atoms with Gasteiger partial charge < -0.3 is 4.42 Å². The second kappa shape index (κ2) is 11.7. The summed E-state index contributed by atoms with van der Waals surface area (Å²) in [5.74, 6) is 1.20. The van der Waals surface area contributed by atoms with E-state index >= 15 is 0 Å². The van der Waals surface area contributed by atoms with Crippen molar-refractivity contribution in [2.45, 2.75) is 24.8 Å². The number of hydrogen-bond acceptors (Lipinski definition) is 2. The van der Waals surface area contributed by atoms with Gasteiger partial charge in [-0.1, -0.05) is 140 Å². The van der Waals surface area contributed by atoms with Gasteiger partial charge in [0.2, 0.25) is 0 Å². The van der Waals surface area contributed by atoms with E-state index in [0.29, 0.717) is 6.42 Å². The van der Waals surface area contributed by atoms with E-state index in [2.05, 4.69) is 103 Å². The fraction of sp³-hybridized carbons (Fsp3) is 0.108. The average Bonchev–Trinajstić information content (AvgIpc) is 3.47. The van der Waals surface area contributed by atoms with Crippen molar-refractivity contribution in [1.29, 1.82) is 0 Å². The Hall–Kier alpha value is -4.47. The van der Waals surface area contributed by atoms with Gasteiger partial charge >= 0.3 is 0 Å². The van der Waals surface area contributed by atoms with Crippen LogP contribution in [0.1, 0.15) is 34.9 Å². The number of hydrogen-bond donors (Lipinski definition) is 0. The van der Waals surface area contributed by atoms with E-state index < -0.39 is 8.07 Å². The number of carbonyl (C=O) groups excluding carboxylic acids is 1. The summed E-state index contributed by atoms with van der Waals surface area (Å²) in [5.41, 5.74) is 1.66. The molecule has 40 heavy (non-hydrogen) atoms. The molecule has 0 bridgehead atoms. The number of fused-ring (bicyclic) bond motifs is 1. The number of ketones is 1. The van der Waals surface area contributed by atoms with Gasteiger partial charge in [-0.15, -0.1) is 0 Å². The fourth-order valence-electron chi connectivity index (χ4n) is 6.01. The van der Waals surface area contributed by atoms with Crippen LogP contribution in [0.4, 0.5) is 0 Å². The molecule has 0 saturated heterocycles. The topological polar surface area (TPSA) is 30.2 Å². The van der Waals surface area contributed by atoms with Crippen molar-refractivity contribution >= 4 is 40.4 Å². The zero-order valence-electron chi connectivity index (χ0n) is 22.4. The summed E-state index contributed by atoms with van der Waals surface area (Å²) in [6.07, 6.45) is 1.18. The monoisotopic (exact) mass is 536 g/mol. The number of benzene rings is 5. The molecule has 3 heteroatoms. The van der Waals surface area contributed by atoms with Crippen molar-refractivity contribution in [3.63, 3.8) is 0 Å². The van der Waals surface area contributed by atoms with E-state index in [1.54, 1.807) is 0 Å². The Balaban J connectivity index is 1.49. The Morgan fingerprint density at radius 2 is 1.07 bits per heavy atom. The molecule has 1 unspecified atom stereocenters. The molecule has 0 aliphatic carbocycles. The summed E-state index contributed by atoms with van der Waals surface area (Å²) in [6.45, 7) is 0. The Labute approximate surface area is 237 Å². The molecule has 6 rings (SSSR count). The van der Waals surface area contributed by atoms with Gasteiger partial charge in [-0.25, -0.2) is 0 Å². The zero-order valence-corrected chi connectivity index (χ0v) is 23.4. The van der Waals surface area contributed by atoms with Crippen LogP contribution in [0.25, 0.3) is 11.0 Å². The highest BCUT2D eigenvalue weighted by molar-refractivity contribution is 7.11. The molecule has 0 radical (unpaired) electrons. The summed E-state index contributed by atoms with van der Waals surface area (Å²) < 4.78 is 6.53. The molecule has 0 N–H and O–H groups in total. The molecule has 1 atom stereocenters. The van der Waals surface area contributed by atoms with Crippen LogP contribution >= 0.6 is 0 Å². The predicted octanol–water partition coefficient (Wildman–Crippen LogP) is 7.35. The molecular formula is C37H32O2Si. The van der Waals surface area contributed by atoms with Gasteiger partial charge in [0, 0.05) is 23.3 Å². The van der Waals surface area contributed by atoms with Gasteiger partial charge in [0.05, 0.1) is 0 Å². The molecule has 196 valence electrons. The third kappa shape index (κ3) is 5.21. The van der Waals surface area contributed by atoms with Crippen molar-refractivity contribution < 1.29 is 9.21 Å². The van der Waals surface area contributed by atoms with E-state index in [1.807, 2.05) is 48.5 Å². The SMILES string of the molecule is O=C(CCC(C[Si](c1ccccc1)(c1ccccc1)c1ccccc1)c1cc2ccccc2o1)c1ccccc1. The van der Waals surface area contributed by atoms with E-state index in [9.17, 15) is 4.79 Å². The number of carbonyl (C=O) groups is 1. The standard InChI is InChI=1S/C37H32O2Si/c38-35(29-15-5-1-6-16-29)26-25-31(37-27-30-17-13-14-24-36(30)39-37)28-40(32-18-7-2-8-19-32,33-20-9-3-10-21-33)34-22-11-4-12-23-34/h1-24,27,31H,25-26,28H2. The Morgan fingerprint density at radius 1 is 0.600 bits per heavy atom. The van der Waals surface area contributed by atoms with Crippen molar-refractivity contribution in [3.05, 3.63) is 163 Å². The van der Waals surface area contributed by atoms with Crippen LogP contribution in [0, 0.1) is 0 Å². The molecule has 0 aliphatic rings. The Kier molecular flexibility index (Phi) is 7.56. The molecule has 0 saturated carbocycles. The Bertz CT molecular complexity index is 1550. The van der Waals surface area contributed by atoms with Crippen molar-refractivity contribution in [2.24, 2.45) is 0 Å². The molecule has 0 amide bonds. The molecule has 0 fully saturated rings. The molecule has 0 spiro atoms. The number of para-hydroxylation sites is 1. The number of furan rings is 1. The van der Waals surface area contributed by atoms with Gasteiger partial charge in [0.15, 0.2) is 5.78 Å². The minimum absolute atomic E-state index is 0.0624. The molecular weight excluding hydrogens is 504 g/mol. The van der Waals surface area contributed by atoms with Crippen LogP contribution in [0.2, 0.25) is 6.04 Å². The van der Waals surface area contributed by atoms with E-state index in [1.165, 1.54) is 15.6 Å². The maximum atomic E-state index is 13.3. The second-order valence-electron chi connectivity index (χ2n) is 10.4. The first-order valence-electron chi connectivity index (χ1n) is 14.0. The molecule has 0 aliphatic heterocycles. The summed E-state index contributed by atoms with van der Waals surface area (Å²) in [5, 5.41) is 5.19.